The van der Waals surface area contributed by atoms with Crippen LogP contribution in [0.15, 0.2) is 24.3 Å². The summed E-state index contributed by atoms with van der Waals surface area (Å²) >= 11 is 0. The van der Waals surface area contributed by atoms with Crippen LogP contribution in [0.2, 0.25) is 0 Å². The predicted molar refractivity (Wildman–Crippen MR) is 77.8 cm³/mol. The van der Waals surface area contributed by atoms with Crippen LogP contribution in [0.25, 0.3) is 0 Å². The fourth-order valence-corrected chi connectivity index (χ4v) is 2.78. The van der Waals surface area contributed by atoms with E-state index in [9.17, 15) is 4.79 Å². The minimum Gasteiger partial charge on any atom is -0.322 e. The van der Waals surface area contributed by atoms with Crippen molar-refractivity contribution in [3.8, 4) is 0 Å². The molecule has 0 bridgehead atoms. The monoisotopic (exact) mass is 260 g/mol. The molecule has 0 aliphatic carbocycles. The molecule has 1 amide bonds. The van der Waals surface area contributed by atoms with Gasteiger partial charge >= 0.3 is 0 Å². The van der Waals surface area contributed by atoms with Gasteiger partial charge in [0.15, 0.2) is 0 Å². The van der Waals surface area contributed by atoms with Crippen molar-refractivity contribution in [1.82, 2.24) is 10.2 Å². The lowest BCUT2D eigenvalue weighted by Crippen LogP contribution is -2.31. The molecular formula is C16H24N2O. The van der Waals surface area contributed by atoms with E-state index in [-0.39, 0.29) is 18.1 Å². The summed E-state index contributed by atoms with van der Waals surface area (Å²) in [5.74, 6) is 0.254. The minimum absolute atomic E-state index is 0.00972. The van der Waals surface area contributed by atoms with Crippen LogP contribution in [-0.4, -0.2) is 23.4 Å². The van der Waals surface area contributed by atoms with E-state index in [2.05, 4.69) is 31.3 Å². The summed E-state index contributed by atoms with van der Waals surface area (Å²) in [7, 11) is 0. The first-order valence-electron chi connectivity index (χ1n) is 7.31. The zero-order chi connectivity index (χ0) is 13.8. The van der Waals surface area contributed by atoms with Crippen LogP contribution in [0, 0.1) is 6.92 Å². The highest BCUT2D eigenvalue weighted by Crippen LogP contribution is 2.28. The van der Waals surface area contributed by atoms with Crippen LogP contribution in [0.5, 0.6) is 0 Å². The first-order chi connectivity index (χ1) is 9.19. The van der Waals surface area contributed by atoms with Crippen molar-refractivity contribution in [3.05, 3.63) is 35.4 Å². The molecular weight excluding hydrogens is 236 g/mol. The first kappa shape index (κ1) is 14.1. The summed E-state index contributed by atoms with van der Waals surface area (Å²) in [5, 5.41) is 3.51. The van der Waals surface area contributed by atoms with E-state index in [4.69, 9.17) is 0 Å². The Hall–Kier alpha value is -1.35. The fraction of sp³-hybridized carbons (Fsp3) is 0.562. The summed E-state index contributed by atoms with van der Waals surface area (Å²) in [6.45, 7) is 7.07. The fourth-order valence-electron chi connectivity index (χ4n) is 2.78. The first-order valence-corrected chi connectivity index (χ1v) is 7.31. The molecule has 2 unspecified atom stereocenters. The Morgan fingerprint density at radius 1 is 1.26 bits per heavy atom. The normalized spacial score (nSPS) is 23.1. The maximum Gasteiger partial charge on any atom is 0.241 e. The van der Waals surface area contributed by atoms with Gasteiger partial charge < -0.3 is 4.90 Å². The second-order valence-corrected chi connectivity index (χ2v) is 5.24. The van der Waals surface area contributed by atoms with Crippen LogP contribution in [0.1, 0.15) is 50.4 Å². The molecule has 1 fully saturated rings. The lowest BCUT2D eigenvalue weighted by Gasteiger charge is -2.24. The second kappa shape index (κ2) is 6.20. The Kier molecular flexibility index (Phi) is 4.59. The summed E-state index contributed by atoms with van der Waals surface area (Å²) < 4.78 is 0. The quantitative estimate of drug-likeness (QED) is 0.882. The maximum atomic E-state index is 12.4. The standard InChI is InChI=1S/C16H24N2O/c1-4-6-11-14-16(19)18(5-2)15(17-14)13-10-8-7-9-12(13)3/h7-10,14-15,17H,4-6,11H2,1-3H3. The summed E-state index contributed by atoms with van der Waals surface area (Å²) in [5.41, 5.74) is 2.46. The van der Waals surface area contributed by atoms with Crippen molar-refractivity contribution in [2.75, 3.05) is 6.54 Å². The third kappa shape index (κ3) is 2.81. The molecule has 0 spiro atoms. The highest BCUT2D eigenvalue weighted by atomic mass is 16.2. The number of hydrogen-bond acceptors (Lipinski definition) is 2. The Labute approximate surface area is 116 Å². The van der Waals surface area contributed by atoms with E-state index in [1.54, 1.807) is 0 Å². The number of carbonyl (C=O) groups excluding carboxylic acids is 1. The predicted octanol–water partition coefficient (Wildman–Crippen LogP) is 3.00. The molecule has 1 N–H and O–H groups in total. The van der Waals surface area contributed by atoms with Gasteiger partial charge in [0.2, 0.25) is 5.91 Å². The number of rotatable bonds is 5. The van der Waals surface area contributed by atoms with E-state index < -0.39 is 0 Å². The van der Waals surface area contributed by atoms with E-state index in [0.717, 1.165) is 25.8 Å². The molecule has 1 aliphatic rings. The molecule has 0 radical (unpaired) electrons. The average molecular weight is 260 g/mol. The molecule has 1 aromatic rings. The summed E-state index contributed by atoms with van der Waals surface area (Å²) in [6, 6.07) is 8.30. The highest BCUT2D eigenvalue weighted by molar-refractivity contribution is 5.84. The molecule has 19 heavy (non-hydrogen) atoms. The topological polar surface area (TPSA) is 32.3 Å². The van der Waals surface area contributed by atoms with Gasteiger partial charge in [-0.05, 0) is 31.4 Å². The van der Waals surface area contributed by atoms with Gasteiger partial charge in [0, 0.05) is 6.54 Å². The zero-order valence-electron chi connectivity index (χ0n) is 12.1. The Bertz CT molecular complexity index is 444. The lowest BCUT2D eigenvalue weighted by atomic mass is 10.1. The van der Waals surface area contributed by atoms with Gasteiger partial charge in [-0.15, -0.1) is 0 Å². The van der Waals surface area contributed by atoms with Crippen LogP contribution in [0.4, 0.5) is 0 Å². The number of nitrogens with zero attached hydrogens (tertiary/aromatic N) is 1. The molecule has 1 heterocycles. The molecule has 1 saturated heterocycles. The van der Waals surface area contributed by atoms with Crippen LogP contribution in [0.3, 0.4) is 0 Å². The molecule has 2 rings (SSSR count). The Morgan fingerprint density at radius 2 is 2.00 bits per heavy atom. The van der Waals surface area contributed by atoms with Gasteiger partial charge in [-0.25, -0.2) is 0 Å². The van der Waals surface area contributed by atoms with Crippen molar-refractivity contribution in [2.24, 2.45) is 0 Å². The Balaban J connectivity index is 2.21. The van der Waals surface area contributed by atoms with E-state index in [1.807, 2.05) is 24.0 Å². The third-order valence-corrected chi connectivity index (χ3v) is 3.92. The number of unbranched alkanes of at least 4 members (excludes halogenated alkanes) is 1. The van der Waals surface area contributed by atoms with E-state index in [0.29, 0.717) is 0 Å². The van der Waals surface area contributed by atoms with Gasteiger partial charge in [0.1, 0.15) is 6.17 Å². The number of hydrogen-bond donors (Lipinski definition) is 1. The molecule has 0 saturated carbocycles. The molecule has 1 aromatic carbocycles. The number of benzene rings is 1. The lowest BCUT2D eigenvalue weighted by molar-refractivity contribution is -0.130. The van der Waals surface area contributed by atoms with Gasteiger partial charge in [-0.3, -0.25) is 10.1 Å². The molecule has 1 aliphatic heterocycles. The molecule has 3 nitrogen and oxygen atoms in total. The maximum absolute atomic E-state index is 12.4. The van der Waals surface area contributed by atoms with E-state index in [1.165, 1.54) is 11.1 Å². The Morgan fingerprint density at radius 3 is 2.63 bits per heavy atom. The number of aryl methyl sites for hydroxylation is 1. The summed E-state index contributed by atoms with van der Waals surface area (Å²) in [6.07, 6.45) is 3.21. The molecule has 3 heteroatoms. The number of carbonyl (C=O) groups is 1. The zero-order valence-corrected chi connectivity index (χ0v) is 12.1. The van der Waals surface area contributed by atoms with Gasteiger partial charge in [0.05, 0.1) is 6.04 Å². The van der Waals surface area contributed by atoms with Crippen molar-refractivity contribution in [1.29, 1.82) is 0 Å². The highest BCUT2D eigenvalue weighted by Gasteiger charge is 2.38. The minimum atomic E-state index is -0.00972. The molecule has 2 atom stereocenters. The molecule has 0 aromatic heterocycles. The number of amides is 1. The largest absolute Gasteiger partial charge is 0.322 e. The third-order valence-electron chi connectivity index (χ3n) is 3.92. The van der Waals surface area contributed by atoms with Crippen molar-refractivity contribution in [2.45, 2.75) is 52.2 Å². The average Bonchev–Trinajstić information content (AvgIpc) is 2.73. The summed E-state index contributed by atoms with van der Waals surface area (Å²) in [4.78, 5) is 14.4. The number of likely N-dealkylation sites (N-methyl/N-ethyl adjacent to an activating group) is 1. The molecule has 104 valence electrons. The SMILES string of the molecule is CCCCC1NC(c2ccccc2C)N(CC)C1=O. The smallest absolute Gasteiger partial charge is 0.241 e. The van der Waals surface area contributed by atoms with Crippen molar-refractivity contribution in [3.63, 3.8) is 0 Å². The van der Waals surface area contributed by atoms with E-state index >= 15 is 0 Å². The van der Waals surface area contributed by atoms with Crippen molar-refractivity contribution < 1.29 is 4.79 Å². The van der Waals surface area contributed by atoms with Gasteiger partial charge in [0.25, 0.3) is 0 Å². The second-order valence-electron chi connectivity index (χ2n) is 5.24. The van der Waals surface area contributed by atoms with Gasteiger partial charge in [-0.1, -0.05) is 44.0 Å². The van der Waals surface area contributed by atoms with Crippen molar-refractivity contribution >= 4 is 5.91 Å². The van der Waals surface area contributed by atoms with Crippen LogP contribution < -0.4 is 5.32 Å². The van der Waals surface area contributed by atoms with Gasteiger partial charge in [-0.2, -0.15) is 0 Å². The van der Waals surface area contributed by atoms with Crippen LogP contribution in [-0.2, 0) is 4.79 Å². The van der Waals surface area contributed by atoms with Crippen LogP contribution >= 0.6 is 0 Å². The number of nitrogens with one attached hydrogen (secondary N) is 1.